The number of amides is 1. The van der Waals surface area contributed by atoms with Crippen molar-refractivity contribution in [2.24, 2.45) is 0 Å². The molecule has 1 aromatic carbocycles. The number of nitrogens with zero attached hydrogens (tertiary/aromatic N) is 1. The number of hydrogen-bond acceptors (Lipinski definition) is 4. The number of nitrogens with one attached hydrogen (secondary N) is 1. The molecular formula is C23H26N2O3S. The zero-order valence-electron chi connectivity index (χ0n) is 17.4. The summed E-state index contributed by atoms with van der Waals surface area (Å²) in [7, 11) is 0. The number of hydrogen-bond donors (Lipinski definition) is 1. The molecular weight excluding hydrogens is 384 g/mol. The third-order valence-corrected chi connectivity index (χ3v) is 5.84. The number of carbonyl (C=O) groups is 2. The van der Waals surface area contributed by atoms with E-state index in [9.17, 15) is 9.59 Å². The molecule has 1 atom stereocenters. The molecule has 0 unspecified atom stereocenters. The Morgan fingerprint density at radius 2 is 1.90 bits per heavy atom. The fourth-order valence-corrected chi connectivity index (χ4v) is 3.97. The van der Waals surface area contributed by atoms with E-state index in [4.69, 9.17) is 4.74 Å². The lowest BCUT2D eigenvalue weighted by Gasteiger charge is -2.15. The highest BCUT2D eigenvalue weighted by Gasteiger charge is 2.23. The Balaban J connectivity index is 1.68. The summed E-state index contributed by atoms with van der Waals surface area (Å²) in [6.45, 7) is 10.1. The van der Waals surface area contributed by atoms with E-state index in [1.807, 2.05) is 63.4 Å². The van der Waals surface area contributed by atoms with Gasteiger partial charge in [-0.25, -0.2) is 4.79 Å². The second-order valence-electron chi connectivity index (χ2n) is 7.31. The number of esters is 1. The first-order chi connectivity index (χ1) is 13.8. The standard InChI is InChI=1S/C23H26N2O3S/c1-14-8-9-21(15(2)11-14)24-22(26)18(5)28-23(27)20-12-16(3)25(17(20)4)13-19-7-6-10-29-19/h6-12,18H,13H2,1-5H3,(H,24,26)/t18-/m1/s1. The van der Waals surface area contributed by atoms with Crippen LogP contribution in [0.4, 0.5) is 5.69 Å². The normalized spacial score (nSPS) is 11.9. The highest BCUT2D eigenvalue weighted by atomic mass is 32.1. The Labute approximate surface area is 175 Å². The Kier molecular flexibility index (Phi) is 6.23. The fourth-order valence-electron chi connectivity index (χ4n) is 3.28. The molecule has 3 rings (SSSR count). The zero-order chi connectivity index (χ0) is 21.1. The molecule has 0 spiro atoms. The molecule has 0 saturated carbocycles. The quantitative estimate of drug-likeness (QED) is 0.581. The molecule has 0 radical (unpaired) electrons. The van der Waals surface area contributed by atoms with Crippen molar-refractivity contribution < 1.29 is 14.3 Å². The van der Waals surface area contributed by atoms with E-state index < -0.39 is 12.1 Å². The first-order valence-corrected chi connectivity index (χ1v) is 10.4. The van der Waals surface area contributed by atoms with Gasteiger partial charge < -0.3 is 14.6 Å². The Bertz CT molecular complexity index is 1030. The molecule has 1 amide bonds. The van der Waals surface area contributed by atoms with Crippen LogP contribution >= 0.6 is 11.3 Å². The molecule has 0 saturated heterocycles. The molecule has 3 aromatic rings. The lowest BCUT2D eigenvalue weighted by Crippen LogP contribution is -2.30. The number of thiophene rings is 1. The lowest BCUT2D eigenvalue weighted by atomic mass is 10.1. The topological polar surface area (TPSA) is 60.3 Å². The summed E-state index contributed by atoms with van der Waals surface area (Å²) in [4.78, 5) is 26.4. The van der Waals surface area contributed by atoms with Gasteiger partial charge >= 0.3 is 5.97 Å². The molecule has 152 valence electrons. The first kappa shape index (κ1) is 20.9. The van der Waals surface area contributed by atoms with Crippen molar-refractivity contribution in [1.29, 1.82) is 0 Å². The molecule has 0 aliphatic carbocycles. The molecule has 2 heterocycles. The molecule has 0 aliphatic heterocycles. The lowest BCUT2D eigenvalue weighted by molar-refractivity contribution is -0.123. The minimum atomic E-state index is -0.899. The van der Waals surface area contributed by atoms with E-state index in [0.29, 0.717) is 12.1 Å². The minimum Gasteiger partial charge on any atom is -0.449 e. The average molecular weight is 411 g/mol. The number of rotatable bonds is 6. The highest BCUT2D eigenvalue weighted by Crippen LogP contribution is 2.21. The number of benzene rings is 1. The zero-order valence-corrected chi connectivity index (χ0v) is 18.2. The van der Waals surface area contributed by atoms with Crippen molar-refractivity contribution in [1.82, 2.24) is 4.57 Å². The number of ether oxygens (including phenoxy) is 1. The number of aryl methyl sites for hydroxylation is 3. The number of carbonyl (C=O) groups excluding carboxylic acids is 2. The molecule has 6 heteroatoms. The van der Waals surface area contributed by atoms with Crippen molar-refractivity contribution in [2.75, 3.05) is 5.32 Å². The van der Waals surface area contributed by atoms with Crippen molar-refractivity contribution in [2.45, 2.75) is 47.3 Å². The predicted molar refractivity (Wildman–Crippen MR) is 117 cm³/mol. The van der Waals surface area contributed by atoms with Crippen molar-refractivity contribution in [3.8, 4) is 0 Å². The first-order valence-electron chi connectivity index (χ1n) is 9.54. The van der Waals surface area contributed by atoms with Crippen LogP contribution in [-0.4, -0.2) is 22.5 Å². The van der Waals surface area contributed by atoms with E-state index in [0.717, 1.165) is 28.2 Å². The maximum absolute atomic E-state index is 12.7. The number of aromatic nitrogens is 1. The second-order valence-corrected chi connectivity index (χ2v) is 8.34. The van der Waals surface area contributed by atoms with Gasteiger partial charge in [0, 0.05) is 22.0 Å². The summed E-state index contributed by atoms with van der Waals surface area (Å²) in [5.41, 5.74) is 5.12. The molecule has 0 bridgehead atoms. The van der Waals surface area contributed by atoms with Gasteiger partial charge in [0.2, 0.25) is 0 Å². The van der Waals surface area contributed by atoms with Crippen LogP contribution in [0.5, 0.6) is 0 Å². The van der Waals surface area contributed by atoms with Gasteiger partial charge in [0.05, 0.1) is 12.1 Å². The third-order valence-electron chi connectivity index (χ3n) is 4.98. The van der Waals surface area contributed by atoms with Gasteiger partial charge in [-0.15, -0.1) is 11.3 Å². The van der Waals surface area contributed by atoms with Crippen LogP contribution in [-0.2, 0) is 16.1 Å². The van der Waals surface area contributed by atoms with Crippen LogP contribution in [0.25, 0.3) is 0 Å². The Morgan fingerprint density at radius 1 is 1.14 bits per heavy atom. The summed E-state index contributed by atoms with van der Waals surface area (Å²) in [5.74, 6) is -0.837. The summed E-state index contributed by atoms with van der Waals surface area (Å²) in [6.07, 6.45) is -0.899. The van der Waals surface area contributed by atoms with Gasteiger partial charge in [0.25, 0.3) is 5.91 Å². The van der Waals surface area contributed by atoms with E-state index in [2.05, 4.69) is 16.0 Å². The molecule has 0 fully saturated rings. The van der Waals surface area contributed by atoms with Crippen LogP contribution in [0.3, 0.4) is 0 Å². The monoisotopic (exact) mass is 410 g/mol. The van der Waals surface area contributed by atoms with Gasteiger partial charge in [-0.1, -0.05) is 23.8 Å². The van der Waals surface area contributed by atoms with Crippen LogP contribution < -0.4 is 5.32 Å². The van der Waals surface area contributed by atoms with Gasteiger partial charge in [0.1, 0.15) is 0 Å². The Hall–Kier alpha value is -2.86. The number of anilines is 1. The molecule has 5 nitrogen and oxygen atoms in total. The molecule has 2 aromatic heterocycles. The predicted octanol–water partition coefficient (Wildman–Crippen LogP) is 5.02. The van der Waals surface area contributed by atoms with Crippen LogP contribution in [0.2, 0.25) is 0 Å². The van der Waals surface area contributed by atoms with Crippen molar-refractivity contribution in [3.63, 3.8) is 0 Å². The maximum Gasteiger partial charge on any atom is 0.340 e. The highest BCUT2D eigenvalue weighted by molar-refractivity contribution is 7.09. The van der Waals surface area contributed by atoms with Crippen molar-refractivity contribution >= 4 is 28.9 Å². The summed E-state index contributed by atoms with van der Waals surface area (Å²) >= 11 is 1.68. The molecule has 0 aliphatic rings. The summed E-state index contributed by atoms with van der Waals surface area (Å²) in [5, 5.41) is 4.87. The van der Waals surface area contributed by atoms with Gasteiger partial charge in [-0.3, -0.25) is 4.79 Å². The van der Waals surface area contributed by atoms with E-state index in [1.165, 1.54) is 4.88 Å². The van der Waals surface area contributed by atoms with Crippen molar-refractivity contribution in [3.05, 3.63) is 74.7 Å². The van der Waals surface area contributed by atoms with E-state index in [1.54, 1.807) is 18.3 Å². The fraction of sp³-hybridized carbons (Fsp3) is 0.304. The van der Waals surface area contributed by atoms with E-state index in [-0.39, 0.29) is 5.91 Å². The second kappa shape index (κ2) is 8.66. The maximum atomic E-state index is 12.7. The Morgan fingerprint density at radius 3 is 2.55 bits per heavy atom. The SMILES string of the molecule is Cc1ccc(NC(=O)[C@@H](C)OC(=O)c2cc(C)n(Cc3cccs3)c2C)c(C)c1. The molecule has 29 heavy (non-hydrogen) atoms. The largest absolute Gasteiger partial charge is 0.449 e. The smallest absolute Gasteiger partial charge is 0.340 e. The minimum absolute atomic E-state index is 0.349. The van der Waals surface area contributed by atoms with Crippen LogP contribution in [0.1, 0.15) is 44.7 Å². The molecule has 1 N–H and O–H groups in total. The van der Waals surface area contributed by atoms with Gasteiger partial charge in [-0.05, 0) is 63.8 Å². The van der Waals surface area contributed by atoms with Crippen LogP contribution in [0, 0.1) is 27.7 Å². The van der Waals surface area contributed by atoms with E-state index >= 15 is 0 Å². The summed E-state index contributed by atoms with van der Waals surface area (Å²) < 4.78 is 7.54. The van der Waals surface area contributed by atoms with Crippen LogP contribution in [0.15, 0.2) is 41.8 Å². The van der Waals surface area contributed by atoms with Gasteiger partial charge in [0.15, 0.2) is 6.10 Å². The summed E-state index contributed by atoms with van der Waals surface area (Å²) in [6, 6.07) is 11.7. The third kappa shape index (κ3) is 4.77. The van der Waals surface area contributed by atoms with Gasteiger partial charge in [-0.2, -0.15) is 0 Å². The average Bonchev–Trinajstić information content (AvgIpc) is 3.27.